The van der Waals surface area contributed by atoms with Crippen LogP contribution in [0.1, 0.15) is 12.5 Å². The number of rotatable bonds is 5. The third-order valence-corrected chi connectivity index (χ3v) is 2.68. The summed E-state index contributed by atoms with van der Waals surface area (Å²) in [5.41, 5.74) is 1.95. The van der Waals surface area contributed by atoms with Gasteiger partial charge in [0, 0.05) is 5.69 Å². The molecular weight excluding hydrogens is 244 g/mol. The number of esters is 1. The maximum absolute atomic E-state index is 11.4. The van der Waals surface area contributed by atoms with E-state index >= 15 is 0 Å². The molecule has 0 radical (unpaired) electrons. The molecule has 0 spiro atoms. The van der Waals surface area contributed by atoms with Crippen molar-refractivity contribution in [1.82, 2.24) is 14.8 Å². The largest absolute Gasteiger partial charge is 0.467 e. The number of benzene rings is 1. The fraction of sp³-hybridized carbons (Fsp3) is 0.308. The maximum atomic E-state index is 11.4. The average molecular weight is 260 g/mol. The molecule has 100 valence electrons. The fourth-order valence-electron chi connectivity index (χ4n) is 1.75. The van der Waals surface area contributed by atoms with Gasteiger partial charge in [0.1, 0.15) is 18.7 Å². The molecule has 2 aromatic rings. The zero-order valence-corrected chi connectivity index (χ0v) is 10.9. The van der Waals surface area contributed by atoms with Crippen molar-refractivity contribution in [3.8, 4) is 0 Å². The highest BCUT2D eigenvalue weighted by atomic mass is 16.5. The number of anilines is 1. The van der Waals surface area contributed by atoms with Gasteiger partial charge in [-0.1, -0.05) is 12.1 Å². The summed E-state index contributed by atoms with van der Waals surface area (Å²) in [6.07, 6.45) is 3.17. The zero-order chi connectivity index (χ0) is 13.7. The summed E-state index contributed by atoms with van der Waals surface area (Å²) >= 11 is 0. The predicted molar refractivity (Wildman–Crippen MR) is 70.7 cm³/mol. The molecule has 1 heterocycles. The van der Waals surface area contributed by atoms with Gasteiger partial charge in [-0.15, -0.1) is 0 Å². The first-order valence-electron chi connectivity index (χ1n) is 5.95. The summed E-state index contributed by atoms with van der Waals surface area (Å²) < 4.78 is 6.41. The summed E-state index contributed by atoms with van der Waals surface area (Å²) in [5.74, 6) is -0.290. The minimum Gasteiger partial charge on any atom is -0.467 e. The highest BCUT2D eigenvalue weighted by Gasteiger charge is 2.12. The zero-order valence-electron chi connectivity index (χ0n) is 10.9. The average Bonchev–Trinajstić information content (AvgIpc) is 2.91. The molecule has 1 aromatic heterocycles. The molecule has 0 fully saturated rings. The van der Waals surface area contributed by atoms with E-state index in [1.165, 1.54) is 13.4 Å². The smallest absolute Gasteiger partial charge is 0.327 e. The van der Waals surface area contributed by atoms with Crippen LogP contribution in [-0.4, -0.2) is 33.9 Å². The molecule has 19 heavy (non-hydrogen) atoms. The SMILES string of the molecule is COC(=O)C(C)Nc1cccc(Cn2cncn2)c1. The summed E-state index contributed by atoms with van der Waals surface area (Å²) in [6, 6.07) is 7.42. The second-order valence-electron chi connectivity index (χ2n) is 4.18. The number of nitrogens with one attached hydrogen (secondary N) is 1. The molecular formula is C13H16N4O2. The Morgan fingerprint density at radius 1 is 1.53 bits per heavy atom. The quantitative estimate of drug-likeness (QED) is 0.821. The fourth-order valence-corrected chi connectivity index (χ4v) is 1.75. The molecule has 1 N–H and O–H groups in total. The molecule has 0 aliphatic rings. The second-order valence-corrected chi connectivity index (χ2v) is 4.18. The van der Waals surface area contributed by atoms with E-state index in [0.29, 0.717) is 6.54 Å². The minimum atomic E-state index is -0.383. The number of aromatic nitrogens is 3. The Kier molecular flexibility index (Phi) is 4.12. The normalized spacial score (nSPS) is 11.9. The molecule has 0 saturated heterocycles. The van der Waals surface area contributed by atoms with Crippen molar-refractivity contribution in [2.75, 3.05) is 12.4 Å². The summed E-state index contributed by atoms with van der Waals surface area (Å²) in [4.78, 5) is 15.2. The Bertz CT molecular complexity index is 539. The molecule has 0 amide bonds. The van der Waals surface area contributed by atoms with Gasteiger partial charge in [0.05, 0.1) is 13.7 Å². The van der Waals surface area contributed by atoms with Gasteiger partial charge in [0.15, 0.2) is 0 Å². The van der Waals surface area contributed by atoms with E-state index in [1.807, 2.05) is 24.3 Å². The Morgan fingerprint density at radius 3 is 3.05 bits per heavy atom. The van der Waals surface area contributed by atoms with Crippen molar-refractivity contribution in [3.63, 3.8) is 0 Å². The molecule has 0 saturated carbocycles. The van der Waals surface area contributed by atoms with E-state index in [-0.39, 0.29) is 12.0 Å². The Morgan fingerprint density at radius 2 is 2.37 bits per heavy atom. The van der Waals surface area contributed by atoms with Gasteiger partial charge in [0.2, 0.25) is 0 Å². The van der Waals surface area contributed by atoms with Crippen LogP contribution in [0.5, 0.6) is 0 Å². The topological polar surface area (TPSA) is 69.0 Å². The molecule has 0 bridgehead atoms. The van der Waals surface area contributed by atoms with Crippen LogP contribution in [0.15, 0.2) is 36.9 Å². The molecule has 1 aromatic carbocycles. The van der Waals surface area contributed by atoms with Gasteiger partial charge >= 0.3 is 5.97 Å². The minimum absolute atomic E-state index is 0.290. The first-order valence-corrected chi connectivity index (χ1v) is 5.95. The summed E-state index contributed by atoms with van der Waals surface area (Å²) in [6.45, 7) is 2.40. The maximum Gasteiger partial charge on any atom is 0.327 e. The van der Waals surface area contributed by atoms with Crippen LogP contribution in [0.25, 0.3) is 0 Å². The highest BCUT2D eigenvalue weighted by Crippen LogP contribution is 2.13. The molecule has 0 aliphatic carbocycles. The number of methoxy groups -OCH3 is 1. The molecule has 1 atom stereocenters. The lowest BCUT2D eigenvalue weighted by Crippen LogP contribution is -2.27. The third-order valence-electron chi connectivity index (χ3n) is 2.68. The lowest BCUT2D eigenvalue weighted by Gasteiger charge is -2.13. The van der Waals surface area contributed by atoms with Crippen LogP contribution in [-0.2, 0) is 16.1 Å². The van der Waals surface area contributed by atoms with Crippen LogP contribution >= 0.6 is 0 Å². The standard InChI is InChI=1S/C13H16N4O2/c1-10(13(18)19-2)16-12-5-3-4-11(6-12)7-17-9-14-8-15-17/h3-6,8-10,16H,7H2,1-2H3. The van der Waals surface area contributed by atoms with Crippen LogP contribution in [0.4, 0.5) is 5.69 Å². The first kappa shape index (κ1) is 13.1. The molecule has 2 rings (SSSR count). The number of ether oxygens (including phenoxy) is 1. The van der Waals surface area contributed by atoms with Gasteiger partial charge in [-0.05, 0) is 24.6 Å². The lowest BCUT2D eigenvalue weighted by molar-refractivity contribution is -0.141. The first-order chi connectivity index (χ1) is 9.19. The van der Waals surface area contributed by atoms with E-state index in [2.05, 4.69) is 20.1 Å². The van der Waals surface area contributed by atoms with Gasteiger partial charge in [-0.3, -0.25) is 0 Å². The van der Waals surface area contributed by atoms with Gasteiger partial charge in [0.25, 0.3) is 0 Å². The lowest BCUT2D eigenvalue weighted by atomic mass is 10.2. The number of hydrogen-bond donors (Lipinski definition) is 1. The summed E-state index contributed by atoms with van der Waals surface area (Å²) in [5, 5.41) is 7.15. The number of hydrogen-bond acceptors (Lipinski definition) is 5. The van der Waals surface area contributed by atoms with E-state index < -0.39 is 0 Å². The van der Waals surface area contributed by atoms with E-state index in [9.17, 15) is 4.79 Å². The van der Waals surface area contributed by atoms with Crippen LogP contribution < -0.4 is 5.32 Å². The van der Waals surface area contributed by atoms with Crippen molar-refractivity contribution in [1.29, 1.82) is 0 Å². The van der Waals surface area contributed by atoms with Gasteiger partial charge in [-0.2, -0.15) is 5.10 Å². The molecule has 6 heteroatoms. The Hall–Kier alpha value is -2.37. The van der Waals surface area contributed by atoms with Crippen LogP contribution in [0, 0.1) is 0 Å². The predicted octanol–water partition coefficient (Wildman–Crippen LogP) is 1.30. The van der Waals surface area contributed by atoms with Crippen molar-refractivity contribution < 1.29 is 9.53 Å². The Labute approximate surface area is 111 Å². The Balaban J connectivity index is 2.04. The number of nitrogens with zero attached hydrogens (tertiary/aromatic N) is 3. The van der Waals surface area contributed by atoms with Gasteiger partial charge < -0.3 is 10.1 Å². The van der Waals surface area contributed by atoms with Crippen molar-refractivity contribution in [2.45, 2.75) is 19.5 Å². The monoisotopic (exact) mass is 260 g/mol. The number of carbonyl (C=O) groups is 1. The molecule has 1 unspecified atom stereocenters. The molecule has 6 nitrogen and oxygen atoms in total. The summed E-state index contributed by atoms with van der Waals surface area (Å²) in [7, 11) is 1.38. The van der Waals surface area contributed by atoms with E-state index in [0.717, 1.165) is 11.3 Å². The molecule has 0 aliphatic heterocycles. The van der Waals surface area contributed by atoms with Crippen molar-refractivity contribution >= 4 is 11.7 Å². The van der Waals surface area contributed by atoms with Crippen molar-refractivity contribution in [2.24, 2.45) is 0 Å². The third kappa shape index (κ3) is 3.54. The highest BCUT2D eigenvalue weighted by molar-refractivity contribution is 5.78. The second kappa shape index (κ2) is 5.99. The van der Waals surface area contributed by atoms with Crippen LogP contribution in [0.2, 0.25) is 0 Å². The number of carbonyl (C=O) groups excluding carboxylic acids is 1. The van der Waals surface area contributed by atoms with Crippen molar-refractivity contribution in [3.05, 3.63) is 42.5 Å². The van der Waals surface area contributed by atoms with Gasteiger partial charge in [-0.25, -0.2) is 14.5 Å². The van der Waals surface area contributed by atoms with E-state index in [4.69, 9.17) is 0 Å². The van der Waals surface area contributed by atoms with E-state index in [1.54, 1.807) is 17.9 Å². The van der Waals surface area contributed by atoms with Crippen LogP contribution in [0.3, 0.4) is 0 Å².